The van der Waals surface area contributed by atoms with E-state index in [1.807, 2.05) is 0 Å². The van der Waals surface area contributed by atoms with Gasteiger partial charge in [0, 0.05) is 29.4 Å². The lowest BCUT2D eigenvalue weighted by Gasteiger charge is -2.12. The molecule has 134 valence electrons. The van der Waals surface area contributed by atoms with E-state index < -0.39 is 15.8 Å². The minimum atomic E-state index is -0.642. The number of rotatable bonds is 4. The molecule has 0 heterocycles. The standard InChI is InChI=1S/C15H11ClN4O5S/c1-8-5-13(20(24)25)11(16)7-12(8)17-15(26)18-14(21)9-3-2-4-10(6-9)19(22)23/h2-7H,1H3,(H2,17,18,21,26). The first-order valence-corrected chi connectivity index (χ1v) is 7.79. The molecular weight excluding hydrogens is 384 g/mol. The first kappa shape index (κ1) is 19.2. The highest BCUT2D eigenvalue weighted by Gasteiger charge is 2.17. The van der Waals surface area contributed by atoms with E-state index in [4.69, 9.17) is 23.8 Å². The van der Waals surface area contributed by atoms with Crippen LogP contribution in [-0.4, -0.2) is 20.9 Å². The second-order valence-corrected chi connectivity index (χ2v) is 5.91. The third kappa shape index (κ3) is 4.49. The Balaban J connectivity index is 2.13. The molecule has 0 saturated carbocycles. The van der Waals surface area contributed by atoms with E-state index in [0.29, 0.717) is 11.3 Å². The average molecular weight is 395 g/mol. The lowest BCUT2D eigenvalue weighted by atomic mass is 10.2. The summed E-state index contributed by atoms with van der Waals surface area (Å²) in [6.45, 7) is 1.61. The summed E-state index contributed by atoms with van der Waals surface area (Å²) in [7, 11) is 0. The summed E-state index contributed by atoms with van der Waals surface area (Å²) in [5.41, 5.74) is 0.454. The van der Waals surface area contributed by atoms with Gasteiger partial charge in [0.1, 0.15) is 5.02 Å². The Morgan fingerprint density at radius 2 is 1.85 bits per heavy atom. The number of nitrogens with zero attached hydrogens (tertiary/aromatic N) is 2. The first-order chi connectivity index (χ1) is 12.2. The highest BCUT2D eigenvalue weighted by molar-refractivity contribution is 7.80. The number of amides is 1. The van der Waals surface area contributed by atoms with Crippen LogP contribution in [0.1, 0.15) is 15.9 Å². The van der Waals surface area contributed by atoms with Crippen molar-refractivity contribution in [3.63, 3.8) is 0 Å². The van der Waals surface area contributed by atoms with Crippen LogP contribution in [0, 0.1) is 27.2 Å². The number of aryl methyl sites for hydroxylation is 1. The smallest absolute Gasteiger partial charge is 0.288 e. The monoisotopic (exact) mass is 394 g/mol. The number of thiocarbonyl (C=S) groups is 1. The van der Waals surface area contributed by atoms with Gasteiger partial charge in [0.15, 0.2) is 5.11 Å². The summed E-state index contributed by atoms with van der Waals surface area (Å²) in [6, 6.07) is 7.75. The van der Waals surface area contributed by atoms with E-state index >= 15 is 0 Å². The van der Waals surface area contributed by atoms with Gasteiger partial charge in [0.2, 0.25) is 0 Å². The highest BCUT2D eigenvalue weighted by Crippen LogP contribution is 2.30. The zero-order chi connectivity index (χ0) is 19.4. The molecule has 0 aromatic heterocycles. The number of hydrogen-bond acceptors (Lipinski definition) is 6. The van der Waals surface area contributed by atoms with E-state index in [1.54, 1.807) is 6.92 Å². The van der Waals surface area contributed by atoms with Crippen LogP contribution in [0.5, 0.6) is 0 Å². The van der Waals surface area contributed by atoms with Crippen molar-refractivity contribution in [1.29, 1.82) is 0 Å². The van der Waals surface area contributed by atoms with E-state index in [-0.39, 0.29) is 27.1 Å². The molecule has 1 amide bonds. The van der Waals surface area contributed by atoms with Crippen LogP contribution in [0.4, 0.5) is 17.1 Å². The van der Waals surface area contributed by atoms with Gasteiger partial charge in [-0.05, 0) is 36.8 Å². The fourth-order valence-electron chi connectivity index (χ4n) is 2.03. The molecule has 2 aromatic rings. The number of carbonyl (C=O) groups excluding carboxylic acids is 1. The third-order valence-electron chi connectivity index (χ3n) is 3.28. The maximum Gasteiger partial charge on any atom is 0.288 e. The zero-order valence-electron chi connectivity index (χ0n) is 13.2. The largest absolute Gasteiger partial charge is 0.332 e. The van der Waals surface area contributed by atoms with Gasteiger partial charge in [0.25, 0.3) is 17.3 Å². The molecule has 11 heteroatoms. The van der Waals surface area contributed by atoms with E-state index in [1.165, 1.54) is 30.3 Å². The van der Waals surface area contributed by atoms with Crippen molar-refractivity contribution in [2.75, 3.05) is 5.32 Å². The van der Waals surface area contributed by atoms with Crippen LogP contribution in [0.2, 0.25) is 5.02 Å². The lowest BCUT2D eigenvalue weighted by molar-refractivity contribution is -0.385. The van der Waals surface area contributed by atoms with Crippen LogP contribution >= 0.6 is 23.8 Å². The fraction of sp³-hybridized carbons (Fsp3) is 0.0667. The van der Waals surface area contributed by atoms with Gasteiger partial charge in [-0.25, -0.2) is 0 Å². The Hall–Kier alpha value is -3.11. The number of non-ortho nitro benzene ring substituents is 1. The van der Waals surface area contributed by atoms with E-state index in [0.717, 1.165) is 6.07 Å². The van der Waals surface area contributed by atoms with Crippen molar-refractivity contribution in [2.45, 2.75) is 6.92 Å². The number of hydrogen-bond donors (Lipinski definition) is 2. The second-order valence-electron chi connectivity index (χ2n) is 5.09. The number of benzene rings is 2. The molecule has 2 N–H and O–H groups in total. The van der Waals surface area contributed by atoms with Crippen LogP contribution in [0.25, 0.3) is 0 Å². The van der Waals surface area contributed by atoms with Crippen LogP contribution < -0.4 is 10.6 Å². The van der Waals surface area contributed by atoms with E-state index in [2.05, 4.69) is 10.6 Å². The van der Waals surface area contributed by atoms with Crippen LogP contribution in [0.3, 0.4) is 0 Å². The van der Waals surface area contributed by atoms with Gasteiger partial charge >= 0.3 is 0 Å². The van der Waals surface area contributed by atoms with Gasteiger partial charge < -0.3 is 5.32 Å². The molecule has 0 spiro atoms. The predicted octanol–water partition coefficient (Wildman–Crippen LogP) is 3.59. The molecule has 0 radical (unpaired) electrons. The maximum atomic E-state index is 12.1. The molecule has 0 bridgehead atoms. The number of halogens is 1. The van der Waals surface area contributed by atoms with Gasteiger partial charge in [0.05, 0.1) is 9.85 Å². The zero-order valence-corrected chi connectivity index (χ0v) is 14.8. The Labute approximate surface area is 157 Å². The molecule has 0 atom stereocenters. The molecule has 2 rings (SSSR count). The quantitative estimate of drug-likeness (QED) is 0.460. The first-order valence-electron chi connectivity index (χ1n) is 7.00. The predicted molar refractivity (Wildman–Crippen MR) is 99.6 cm³/mol. The Kier molecular flexibility index (Phi) is 5.80. The summed E-state index contributed by atoms with van der Waals surface area (Å²) in [4.78, 5) is 32.5. The molecule has 2 aromatic carbocycles. The number of nitro benzene ring substituents is 2. The third-order valence-corrected chi connectivity index (χ3v) is 3.79. The Bertz CT molecular complexity index is 934. The van der Waals surface area contributed by atoms with Crippen molar-refractivity contribution < 1.29 is 14.6 Å². The van der Waals surface area contributed by atoms with Crippen molar-refractivity contribution in [2.24, 2.45) is 0 Å². The van der Waals surface area contributed by atoms with Crippen molar-refractivity contribution in [3.05, 3.63) is 72.8 Å². The lowest BCUT2D eigenvalue weighted by Crippen LogP contribution is -2.34. The average Bonchev–Trinajstić information content (AvgIpc) is 2.57. The molecule has 9 nitrogen and oxygen atoms in total. The number of carbonyl (C=O) groups is 1. The number of anilines is 1. The molecule has 26 heavy (non-hydrogen) atoms. The topological polar surface area (TPSA) is 127 Å². The summed E-state index contributed by atoms with van der Waals surface area (Å²) >= 11 is 10.9. The highest BCUT2D eigenvalue weighted by atomic mass is 35.5. The minimum Gasteiger partial charge on any atom is -0.332 e. The van der Waals surface area contributed by atoms with Crippen molar-refractivity contribution in [3.8, 4) is 0 Å². The summed E-state index contributed by atoms with van der Waals surface area (Å²) in [6.07, 6.45) is 0. The Morgan fingerprint density at radius 3 is 2.46 bits per heavy atom. The summed E-state index contributed by atoms with van der Waals surface area (Å²) in [5.74, 6) is -0.642. The van der Waals surface area contributed by atoms with Gasteiger partial charge in [-0.3, -0.25) is 30.3 Å². The Morgan fingerprint density at radius 1 is 1.15 bits per heavy atom. The number of nitro groups is 2. The summed E-state index contributed by atoms with van der Waals surface area (Å²) < 4.78 is 0. The fourth-order valence-corrected chi connectivity index (χ4v) is 2.47. The second kappa shape index (κ2) is 7.85. The van der Waals surface area contributed by atoms with Crippen molar-refractivity contribution >= 4 is 51.9 Å². The van der Waals surface area contributed by atoms with Gasteiger partial charge in [-0.2, -0.15) is 0 Å². The number of nitrogens with one attached hydrogen (secondary N) is 2. The molecule has 0 saturated heterocycles. The van der Waals surface area contributed by atoms with Gasteiger partial charge in [-0.1, -0.05) is 17.7 Å². The molecule has 0 fully saturated rings. The molecule has 0 unspecified atom stereocenters. The molecular formula is C15H11ClN4O5S. The maximum absolute atomic E-state index is 12.1. The summed E-state index contributed by atoms with van der Waals surface area (Å²) in [5, 5.41) is 26.5. The van der Waals surface area contributed by atoms with E-state index in [9.17, 15) is 25.0 Å². The van der Waals surface area contributed by atoms with Gasteiger partial charge in [-0.15, -0.1) is 0 Å². The molecule has 0 aliphatic heterocycles. The van der Waals surface area contributed by atoms with Crippen LogP contribution in [-0.2, 0) is 0 Å². The van der Waals surface area contributed by atoms with Crippen LogP contribution in [0.15, 0.2) is 36.4 Å². The minimum absolute atomic E-state index is 0.0572. The SMILES string of the molecule is Cc1cc([N+](=O)[O-])c(Cl)cc1NC(=S)NC(=O)c1cccc([N+](=O)[O-])c1. The van der Waals surface area contributed by atoms with Crippen molar-refractivity contribution in [1.82, 2.24) is 5.32 Å². The molecule has 0 aliphatic carbocycles. The molecule has 0 aliphatic rings. The normalized spacial score (nSPS) is 10.1.